The lowest BCUT2D eigenvalue weighted by atomic mass is 9.95. The Morgan fingerprint density at radius 3 is 2.76 bits per heavy atom. The summed E-state index contributed by atoms with van der Waals surface area (Å²) in [6.07, 6.45) is 1.65. The normalized spacial score (nSPS) is 16.6. The molecular formula is C18H23N3O4. The molecular weight excluding hydrogens is 322 g/mol. The molecule has 7 nitrogen and oxygen atoms in total. The van der Waals surface area contributed by atoms with E-state index in [1.54, 1.807) is 0 Å². The highest BCUT2D eigenvalue weighted by molar-refractivity contribution is 5.80. The minimum Gasteiger partial charge on any atom is -0.469 e. The molecule has 1 amide bonds. The maximum Gasteiger partial charge on any atom is 0.307 e. The molecule has 7 heteroatoms. The Morgan fingerprint density at radius 2 is 2.08 bits per heavy atom. The molecule has 1 N–H and O–H groups in total. The van der Waals surface area contributed by atoms with Crippen LogP contribution in [0.3, 0.4) is 0 Å². The van der Waals surface area contributed by atoms with E-state index in [0.29, 0.717) is 6.01 Å². The molecule has 2 heterocycles. The Hall–Kier alpha value is -2.57. The predicted molar refractivity (Wildman–Crippen MR) is 93.2 cm³/mol. The molecule has 1 aliphatic heterocycles. The highest BCUT2D eigenvalue weighted by atomic mass is 16.5. The van der Waals surface area contributed by atoms with E-state index in [1.165, 1.54) is 7.11 Å². The Morgan fingerprint density at radius 1 is 1.36 bits per heavy atom. The first-order valence-electron chi connectivity index (χ1n) is 8.54. The van der Waals surface area contributed by atoms with Crippen molar-refractivity contribution in [2.75, 3.05) is 25.1 Å². The van der Waals surface area contributed by atoms with Crippen molar-refractivity contribution in [2.24, 2.45) is 5.92 Å². The van der Waals surface area contributed by atoms with Crippen LogP contribution in [0.5, 0.6) is 0 Å². The lowest BCUT2D eigenvalue weighted by molar-refractivity contribution is -0.141. The van der Waals surface area contributed by atoms with Gasteiger partial charge >= 0.3 is 5.97 Å². The molecule has 1 saturated heterocycles. The van der Waals surface area contributed by atoms with E-state index in [-0.39, 0.29) is 30.3 Å². The van der Waals surface area contributed by atoms with Crippen LogP contribution in [0.15, 0.2) is 28.7 Å². The van der Waals surface area contributed by atoms with Crippen molar-refractivity contribution in [1.82, 2.24) is 10.3 Å². The quantitative estimate of drug-likeness (QED) is 0.836. The maximum atomic E-state index is 12.3. The van der Waals surface area contributed by atoms with Crippen LogP contribution >= 0.6 is 0 Å². The number of ether oxygens (including phenoxy) is 1. The van der Waals surface area contributed by atoms with E-state index in [9.17, 15) is 9.59 Å². The van der Waals surface area contributed by atoms with Crippen molar-refractivity contribution in [3.8, 4) is 0 Å². The Balaban J connectivity index is 1.52. The van der Waals surface area contributed by atoms with E-state index in [2.05, 4.69) is 19.9 Å². The van der Waals surface area contributed by atoms with Gasteiger partial charge in [0.1, 0.15) is 5.52 Å². The maximum absolute atomic E-state index is 12.3. The number of benzene rings is 1. The van der Waals surface area contributed by atoms with Gasteiger partial charge in [-0.1, -0.05) is 12.1 Å². The number of anilines is 1. The predicted octanol–water partition coefficient (Wildman–Crippen LogP) is 2.11. The van der Waals surface area contributed by atoms with E-state index in [4.69, 9.17) is 4.42 Å². The summed E-state index contributed by atoms with van der Waals surface area (Å²) in [5, 5.41) is 2.89. The summed E-state index contributed by atoms with van der Waals surface area (Å²) in [5.41, 5.74) is 1.61. The Kier molecular flexibility index (Phi) is 5.21. The third-order valence-corrected chi connectivity index (χ3v) is 4.51. The zero-order valence-corrected chi connectivity index (χ0v) is 14.5. The number of methoxy groups -OCH3 is 1. The first kappa shape index (κ1) is 17.3. The summed E-state index contributed by atoms with van der Waals surface area (Å²) in [7, 11) is 1.35. The largest absolute Gasteiger partial charge is 0.469 e. The molecule has 0 spiro atoms. The number of fused-ring (bicyclic) bond motifs is 1. The number of rotatable bonds is 5. The van der Waals surface area contributed by atoms with Crippen molar-refractivity contribution < 1.29 is 18.7 Å². The number of hydrogen-bond acceptors (Lipinski definition) is 6. The van der Waals surface area contributed by atoms with E-state index in [0.717, 1.165) is 37.0 Å². The molecule has 134 valence electrons. The standard InChI is InChI=1S/C18H23N3O4/c1-12(11-16(22)24-2)19-17(23)13-7-9-21(10-8-13)18-20-14-5-3-4-6-15(14)25-18/h3-6,12-13H,7-11H2,1-2H3,(H,19,23). The molecule has 0 aliphatic carbocycles. The van der Waals surface area contributed by atoms with Crippen LogP contribution in [0.1, 0.15) is 26.2 Å². The van der Waals surface area contributed by atoms with Gasteiger partial charge in [-0.3, -0.25) is 9.59 Å². The molecule has 1 unspecified atom stereocenters. The number of carbonyl (C=O) groups excluding carboxylic acids is 2. The lowest BCUT2D eigenvalue weighted by Crippen LogP contribution is -2.43. The van der Waals surface area contributed by atoms with Gasteiger partial charge in [-0.25, -0.2) is 0 Å². The molecule has 0 bridgehead atoms. The summed E-state index contributed by atoms with van der Waals surface area (Å²) >= 11 is 0. The van der Waals surface area contributed by atoms with Gasteiger partial charge < -0.3 is 19.4 Å². The van der Waals surface area contributed by atoms with Gasteiger partial charge in [-0.2, -0.15) is 4.98 Å². The van der Waals surface area contributed by atoms with Crippen LogP contribution in [0.2, 0.25) is 0 Å². The minimum absolute atomic E-state index is 0.00591. The molecule has 1 aromatic heterocycles. The molecule has 1 atom stereocenters. The average molecular weight is 345 g/mol. The number of esters is 1. The number of nitrogens with one attached hydrogen (secondary N) is 1. The van der Waals surface area contributed by atoms with Crippen LogP contribution in [-0.2, 0) is 14.3 Å². The summed E-state index contributed by atoms with van der Waals surface area (Å²) in [4.78, 5) is 30.2. The second kappa shape index (κ2) is 7.55. The topological polar surface area (TPSA) is 84.7 Å². The van der Waals surface area contributed by atoms with Gasteiger partial charge in [0.15, 0.2) is 5.58 Å². The Bertz CT molecular complexity index is 717. The smallest absolute Gasteiger partial charge is 0.307 e. The van der Waals surface area contributed by atoms with Gasteiger partial charge in [0.25, 0.3) is 6.01 Å². The molecule has 3 rings (SSSR count). The van der Waals surface area contributed by atoms with Crippen LogP contribution in [0.4, 0.5) is 6.01 Å². The highest BCUT2D eigenvalue weighted by Crippen LogP contribution is 2.26. The van der Waals surface area contributed by atoms with Crippen LogP contribution < -0.4 is 10.2 Å². The zero-order valence-electron chi connectivity index (χ0n) is 14.5. The first-order chi connectivity index (χ1) is 12.1. The third-order valence-electron chi connectivity index (χ3n) is 4.51. The number of nitrogens with zero attached hydrogens (tertiary/aromatic N) is 2. The van der Waals surface area contributed by atoms with Crippen LogP contribution in [-0.4, -0.2) is 43.1 Å². The Labute approximate surface area is 146 Å². The number of piperidine rings is 1. The van der Waals surface area contributed by atoms with Gasteiger partial charge in [0, 0.05) is 25.0 Å². The summed E-state index contributed by atoms with van der Waals surface area (Å²) < 4.78 is 10.4. The molecule has 25 heavy (non-hydrogen) atoms. The summed E-state index contributed by atoms with van der Waals surface area (Å²) in [6, 6.07) is 8.05. The third kappa shape index (κ3) is 4.10. The number of amides is 1. The second-order valence-electron chi connectivity index (χ2n) is 6.42. The lowest BCUT2D eigenvalue weighted by Gasteiger charge is -2.30. The van der Waals surface area contributed by atoms with E-state index < -0.39 is 0 Å². The molecule has 1 aliphatic rings. The minimum atomic E-state index is -0.321. The highest BCUT2D eigenvalue weighted by Gasteiger charge is 2.28. The van der Waals surface area contributed by atoms with Crippen LogP contribution in [0.25, 0.3) is 11.1 Å². The van der Waals surface area contributed by atoms with E-state index >= 15 is 0 Å². The van der Waals surface area contributed by atoms with Crippen molar-refractivity contribution in [3.63, 3.8) is 0 Å². The van der Waals surface area contributed by atoms with Crippen molar-refractivity contribution >= 4 is 29.0 Å². The summed E-state index contributed by atoms with van der Waals surface area (Å²) in [5.74, 6) is -0.382. The fraction of sp³-hybridized carbons (Fsp3) is 0.500. The SMILES string of the molecule is COC(=O)CC(C)NC(=O)C1CCN(c2nc3ccccc3o2)CC1. The van der Waals surface area contributed by atoms with Gasteiger partial charge in [0.2, 0.25) is 5.91 Å². The van der Waals surface area contributed by atoms with Gasteiger partial charge in [0.05, 0.1) is 13.5 Å². The molecule has 0 saturated carbocycles. The first-order valence-corrected chi connectivity index (χ1v) is 8.54. The number of aromatic nitrogens is 1. The summed E-state index contributed by atoms with van der Waals surface area (Å²) in [6.45, 7) is 3.24. The number of oxazole rings is 1. The fourth-order valence-corrected chi connectivity index (χ4v) is 3.07. The number of carbonyl (C=O) groups is 2. The molecule has 2 aromatic rings. The number of hydrogen-bond donors (Lipinski definition) is 1. The number of para-hydroxylation sites is 2. The fourth-order valence-electron chi connectivity index (χ4n) is 3.07. The van der Waals surface area contributed by atoms with Gasteiger partial charge in [-0.15, -0.1) is 0 Å². The van der Waals surface area contributed by atoms with E-state index in [1.807, 2.05) is 31.2 Å². The van der Waals surface area contributed by atoms with Gasteiger partial charge in [-0.05, 0) is 31.9 Å². The van der Waals surface area contributed by atoms with Crippen LogP contribution in [0, 0.1) is 5.92 Å². The van der Waals surface area contributed by atoms with Crippen molar-refractivity contribution in [2.45, 2.75) is 32.2 Å². The monoisotopic (exact) mass is 345 g/mol. The molecule has 1 fully saturated rings. The average Bonchev–Trinajstić information content (AvgIpc) is 3.05. The van der Waals surface area contributed by atoms with Crippen molar-refractivity contribution in [1.29, 1.82) is 0 Å². The van der Waals surface area contributed by atoms with Crippen molar-refractivity contribution in [3.05, 3.63) is 24.3 Å². The molecule has 1 aromatic carbocycles. The zero-order chi connectivity index (χ0) is 17.8. The molecule has 0 radical (unpaired) electrons. The second-order valence-corrected chi connectivity index (χ2v) is 6.42.